The highest BCUT2D eigenvalue weighted by molar-refractivity contribution is 6.05. The lowest BCUT2D eigenvalue weighted by Crippen LogP contribution is -2.37. The zero-order chi connectivity index (χ0) is 27.7. The van der Waals surface area contributed by atoms with E-state index in [1.807, 2.05) is 47.8 Å². The number of anilines is 1. The van der Waals surface area contributed by atoms with E-state index in [9.17, 15) is 22.8 Å². The van der Waals surface area contributed by atoms with Crippen LogP contribution >= 0.6 is 0 Å². The molecule has 39 heavy (non-hydrogen) atoms. The van der Waals surface area contributed by atoms with Crippen LogP contribution < -0.4 is 5.32 Å². The fraction of sp³-hybridized carbons (Fsp3) is 0.276. The van der Waals surface area contributed by atoms with Crippen molar-refractivity contribution in [3.8, 4) is 5.69 Å². The smallest absolute Gasteiger partial charge is 0.354 e. The first kappa shape index (κ1) is 26.3. The highest BCUT2D eigenvalue weighted by atomic mass is 19.4. The minimum absolute atomic E-state index is 0.0315. The number of carbonyl (C=O) groups is 2. The number of amides is 2. The van der Waals surface area contributed by atoms with E-state index in [0.29, 0.717) is 30.0 Å². The molecule has 2 aromatic heterocycles. The van der Waals surface area contributed by atoms with Gasteiger partial charge in [-0.05, 0) is 61.6 Å². The van der Waals surface area contributed by atoms with Gasteiger partial charge in [-0.15, -0.1) is 0 Å². The number of alkyl halides is 3. The Balaban J connectivity index is 1.24. The lowest BCUT2D eigenvalue weighted by Gasteiger charge is -2.32. The third-order valence-electron chi connectivity index (χ3n) is 7.17. The van der Waals surface area contributed by atoms with Crippen molar-refractivity contribution in [2.24, 2.45) is 7.05 Å². The van der Waals surface area contributed by atoms with E-state index in [1.54, 1.807) is 42.5 Å². The molecule has 1 N–H and O–H groups in total. The Morgan fingerprint density at radius 1 is 0.974 bits per heavy atom. The lowest BCUT2D eigenvalue weighted by molar-refractivity contribution is -0.141. The summed E-state index contributed by atoms with van der Waals surface area (Å²) in [5, 5.41) is 6.20. The summed E-state index contributed by atoms with van der Waals surface area (Å²) in [6.45, 7) is 3.24. The number of nitrogens with one attached hydrogen (secondary N) is 1. The Bertz CT molecular complexity index is 1460. The summed E-state index contributed by atoms with van der Waals surface area (Å²) in [4.78, 5) is 27.6. The Morgan fingerprint density at radius 3 is 2.23 bits per heavy atom. The highest BCUT2D eigenvalue weighted by Gasteiger charge is 2.39. The summed E-state index contributed by atoms with van der Waals surface area (Å²) in [6.07, 6.45) is -0.241. The van der Waals surface area contributed by atoms with Crippen LogP contribution in [-0.4, -0.2) is 44.2 Å². The Labute approximate surface area is 223 Å². The number of rotatable bonds is 5. The van der Waals surface area contributed by atoms with E-state index >= 15 is 0 Å². The van der Waals surface area contributed by atoms with Crippen molar-refractivity contribution in [3.63, 3.8) is 0 Å². The first-order chi connectivity index (χ1) is 18.6. The van der Waals surface area contributed by atoms with Gasteiger partial charge in [0.1, 0.15) is 0 Å². The number of aromatic nitrogens is 3. The van der Waals surface area contributed by atoms with E-state index in [-0.39, 0.29) is 11.8 Å². The lowest BCUT2D eigenvalue weighted by atomic mass is 9.89. The van der Waals surface area contributed by atoms with Gasteiger partial charge in [0.25, 0.3) is 11.8 Å². The number of hydrogen-bond acceptors (Lipinski definition) is 3. The Kier molecular flexibility index (Phi) is 7.03. The Hall–Kier alpha value is -4.34. The van der Waals surface area contributed by atoms with Crippen LogP contribution in [0.2, 0.25) is 0 Å². The van der Waals surface area contributed by atoms with Crippen molar-refractivity contribution in [3.05, 3.63) is 101 Å². The zero-order valence-corrected chi connectivity index (χ0v) is 21.6. The molecular weight excluding hydrogens is 507 g/mol. The molecule has 0 spiro atoms. The molecule has 7 nitrogen and oxygen atoms in total. The molecule has 0 saturated carbocycles. The molecule has 2 aromatic carbocycles. The van der Waals surface area contributed by atoms with Gasteiger partial charge in [0, 0.05) is 43.9 Å². The van der Waals surface area contributed by atoms with Gasteiger partial charge in [0.2, 0.25) is 0 Å². The second-order valence-electron chi connectivity index (χ2n) is 9.79. The van der Waals surface area contributed by atoms with Gasteiger partial charge >= 0.3 is 6.18 Å². The molecule has 0 unspecified atom stereocenters. The summed E-state index contributed by atoms with van der Waals surface area (Å²) in [6, 6.07) is 17.3. The molecule has 10 heteroatoms. The number of hydrogen-bond donors (Lipinski definition) is 1. The van der Waals surface area contributed by atoms with Crippen LogP contribution in [0.4, 0.5) is 18.9 Å². The fourth-order valence-corrected chi connectivity index (χ4v) is 4.89. The summed E-state index contributed by atoms with van der Waals surface area (Å²) >= 11 is 0. The SMILES string of the molecule is Cc1cc(C(=O)N2CCC(c3ccc(NC(=O)c4cn(-c5ccccc5)nc4C(F)(F)F)cc3)CC2)cn1C. The van der Waals surface area contributed by atoms with Crippen molar-refractivity contribution >= 4 is 17.5 Å². The quantitative estimate of drug-likeness (QED) is 0.351. The van der Waals surface area contributed by atoms with Crippen LogP contribution in [0.15, 0.2) is 73.1 Å². The van der Waals surface area contributed by atoms with E-state index in [0.717, 1.165) is 35.0 Å². The second kappa shape index (κ2) is 10.4. The van der Waals surface area contributed by atoms with Crippen molar-refractivity contribution < 1.29 is 22.8 Å². The van der Waals surface area contributed by atoms with Crippen LogP contribution in [0.5, 0.6) is 0 Å². The van der Waals surface area contributed by atoms with Crippen molar-refractivity contribution in [1.29, 1.82) is 0 Å². The molecule has 0 atom stereocenters. The van der Waals surface area contributed by atoms with E-state index in [2.05, 4.69) is 10.4 Å². The molecule has 0 aliphatic carbocycles. The average Bonchev–Trinajstić information content (AvgIpc) is 3.53. The number of carbonyl (C=O) groups excluding carboxylic acids is 2. The van der Waals surface area contributed by atoms with Gasteiger partial charge in [0.05, 0.1) is 16.8 Å². The molecular formula is C29H28F3N5O2. The minimum Gasteiger partial charge on any atom is -0.354 e. The number of piperidine rings is 1. The summed E-state index contributed by atoms with van der Waals surface area (Å²) in [7, 11) is 1.91. The number of para-hydroxylation sites is 1. The summed E-state index contributed by atoms with van der Waals surface area (Å²) < 4.78 is 43.9. The third kappa shape index (κ3) is 5.59. The zero-order valence-electron chi connectivity index (χ0n) is 21.6. The molecule has 5 rings (SSSR count). The maximum atomic E-state index is 13.6. The average molecular weight is 536 g/mol. The predicted octanol–water partition coefficient (Wildman–Crippen LogP) is 5.81. The maximum absolute atomic E-state index is 13.6. The fourth-order valence-electron chi connectivity index (χ4n) is 4.89. The maximum Gasteiger partial charge on any atom is 0.435 e. The van der Waals surface area contributed by atoms with Crippen LogP contribution in [0.3, 0.4) is 0 Å². The molecule has 3 heterocycles. The van der Waals surface area contributed by atoms with Crippen LogP contribution in [0.25, 0.3) is 5.69 Å². The van der Waals surface area contributed by atoms with Crippen molar-refractivity contribution in [2.75, 3.05) is 18.4 Å². The van der Waals surface area contributed by atoms with Crippen LogP contribution in [0.1, 0.15) is 56.4 Å². The topological polar surface area (TPSA) is 72.2 Å². The Morgan fingerprint density at radius 2 is 1.64 bits per heavy atom. The van der Waals surface area contributed by atoms with Crippen molar-refractivity contribution in [2.45, 2.75) is 31.9 Å². The molecule has 0 bridgehead atoms. The normalized spacial score (nSPS) is 14.4. The summed E-state index contributed by atoms with van der Waals surface area (Å²) in [5.74, 6) is -0.610. The minimum atomic E-state index is -4.79. The standard InChI is InChI=1S/C29H28F3N5O2/c1-19-16-22(17-35(19)2)28(39)36-14-12-21(13-15-36)20-8-10-23(11-9-20)33-27(38)25-18-37(24-6-4-3-5-7-24)34-26(25)29(30,31)32/h3-11,16-18,21H,12-15H2,1-2H3,(H,33,38). The van der Waals surface area contributed by atoms with Gasteiger partial charge < -0.3 is 14.8 Å². The molecule has 1 aliphatic rings. The number of likely N-dealkylation sites (tertiary alicyclic amines) is 1. The number of halogens is 3. The summed E-state index contributed by atoms with van der Waals surface area (Å²) in [5.41, 5.74) is 1.78. The monoisotopic (exact) mass is 535 g/mol. The number of benzene rings is 2. The van der Waals surface area contributed by atoms with Gasteiger partial charge in [-0.1, -0.05) is 30.3 Å². The number of aryl methyl sites for hydroxylation is 2. The first-order valence-electron chi connectivity index (χ1n) is 12.7. The van der Waals surface area contributed by atoms with Gasteiger partial charge in [-0.25, -0.2) is 4.68 Å². The van der Waals surface area contributed by atoms with Gasteiger partial charge in [0.15, 0.2) is 5.69 Å². The molecule has 0 radical (unpaired) electrons. The molecule has 202 valence electrons. The molecule has 1 saturated heterocycles. The predicted molar refractivity (Wildman–Crippen MR) is 141 cm³/mol. The molecule has 1 aliphatic heterocycles. The van der Waals surface area contributed by atoms with Crippen molar-refractivity contribution in [1.82, 2.24) is 19.2 Å². The number of nitrogens with zero attached hydrogens (tertiary/aromatic N) is 4. The first-order valence-corrected chi connectivity index (χ1v) is 12.7. The van der Waals surface area contributed by atoms with Crippen LogP contribution in [-0.2, 0) is 13.2 Å². The molecule has 4 aromatic rings. The van der Waals surface area contributed by atoms with Crippen LogP contribution in [0, 0.1) is 6.92 Å². The van der Waals surface area contributed by atoms with Gasteiger partial charge in [-0.2, -0.15) is 18.3 Å². The van der Waals surface area contributed by atoms with Gasteiger partial charge in [-0.3, -0.25) is 9.59 Å². The van der Waals surface area contributed by atoms with E-state index in [1.165, 1.54) is 0 Å². The van der Waals surface area contributed by atoms with E-state index < -0.39 is 23.3 Å². The second-order valence-corrected chi connectivity index (χ2v) is 9.79. The van der Waals surface area contributed by atoms with E-state index in [4.69, 9.17) is 0 Å². The largest absolute Gasteiger partial charge is 0.435 e. The molecule has 2 amide bonds. The highest BCUT2D eigenvalue weighted by Crippen LogP contribution is 2.33. The third-order valence-corrected chi connectivity index (χ3v) is 7.17. The molecule has 1 fully saturated rings.